The van der Waals surface area contributed by atoms with Crippen LogP contribution in [0.2, 0.25) is 0 Å². The Hall–Kier alpha value is -2.62. The van der Waals surface area contributed by atoms with Gasteiger partial charge in [0.25, 0.3) is 0 Å². The molecule has 1 saturated heterocycles. The summed E-state index contributed by atoms with van der Waals surface area (Å²) in [6.07, 6.45) is 18.1. The number of allylic oxidation sites excluding steroid dienone is 6. The van der Waals surface area contributed by atoms with Crippen molar-refractivity contribution >= 4 is 18.8 Å². The van der Waals surface area contributed by atoms with Gasteiger partial charge < -0.3 is 20.9 Å². The molecular formula is C32H44N2O3P+. The zero-order valence-corrected chi connectivity index (χ0v) is 24.3. The van der Waals surface area contributed by atoms with Crippen LogP contribution in [-0.2, 0) is 9.47 Å². The largest absolute Gasteiger partial charge is 0.460 e. The van der Waals surface area contributed by atoms with Crippen LogP contribution >= 0.6 is 7.26 Å². The quantitative estimate of drug-likeness (QED) is 0.202. The monoisotopic (exact) mass is 535 g/mol. The standard InChI is InChI=1S/C32H44N2O3P/c1-22-20-29(24-11-13-26(14-12-24)31(35)25-8-7-9-25)37-32(22)28(16-18-34)27(15-17-33)21-23(2)38(3,4)30-10-5-6-19-36-30/h11-18,20-23,25,30H,5-10,19,33-34H2,1-4H3/q+1/b17-15-,18-16-,27-21-,32-28-. The molecule has 2 fully saturated rings. The van der Waals surface area contributed by atoms with E-state index in [0.29, 0.717) is 11.5 Å². The Morgan fingerprint density at radius 3 is 2.32 bits per heavy atom. The molecule has 4 N–H and O–H groups in total. The number of hydrogen-bond donors (Lipinski definition) is 2. The van der Waals surface area contributed by atoms with Crippen LogP contribution in [0, 0.1) is 11.8 Å². The molecule has 1 aromatic carbocycles. The molecule has 2 aliphatic heterocycles. The van der Waals surface area contributed by atoms with Crippen molar-refractivity contribution in [1.82, 2.24) is 0 Å². The van der Waals surface area contributed by atoms with Crippen molar-refractivity contribution in [3.05, 3.63) is 89.0 Å². The molecule has 2 heterocycles. The third kappa shape index (κ3) is 6.16. The molecule has 5 nitrogen and oxygen atoms in total. The number of benzene rings is 1. The predicted molar refractivity (Wildman–Crippen MR) is 160 cm³/mol. The van der Waals surface area contributed by atoms with Gasteiger partial charge in [-0.15, -0.1) is 0 Å². The molecule has 1 aromatic rings. The summed E-state index contributed by atoms with van der Waals surface area (Å²) in [7, 11) is -1.40. The van der Waals surface area contributed by atoms with Crippen LogP contribution in [0.25, 0.3) is 5.76 Å². The number of nitrogens with two attached hydrogens (primary N) is 2. The summed E-state index contributed by atoms with van der Waals surface area (Å²) in [5.74, 6) is 2.49. The Labute approximate surface area is 229 Å². The highest BCUT2D eigenvalue weighted by Crippen LogP contribution is 2.63. The van der Waals surface area contributed by atoms with E-state index in [1.807, 2.05) is 36.4 Å². The van der Waals surface area contributed by atoms with Crippen LogP contribution in [0.3, 0.4) is 0 Å². The maximum Gasteiger partial charge on any atom is 0.166 e. The number of carbonyl (C=O) groups excluding carboxylic acids is 1. The molecule has 0 spiro atoms. The Morgan fingerprint density at radius 1 is 1.03 bits per heavy atom. The Balaban J connectivity index is 1.60. The summed E-state index contributed by atoms with van der Waals surface area (Å²) in [4.78, 5) is 12.6. The number of hydrogen-bond acceptors (Lipinski definition) is 5. The van der Waals surface area contributed by atoms with Crippen LogP contribution in [0.4, 0.5) is 0 Å². The van der Waals surface area contributed by atoms with Crippen LogP contribution in [0.5, 0.6) is 0 Å². The third-order valence-corrected chi connectivity index (χ3v) is 12.6. The van der Waals surface area contributed by atoms with Crippen LogP contribution in [-0.4, -0.2) is 37.2 Å². The molecule has 3 atom stereocenters. The molecule has 4 rings (SSSR count). The normalized spacial score (nSPS) is 25.3. The molecule has 38 heavy (non-hydrogen) atoms. The fourth-order valence-corrected chi connectivity index (χ4v) is 7.83. The number of Topliss-reactive ketones (excluding diaryl/α,β-unsaturated/α-hetero) is 1. The number of ether oxygens (including phenoxy) is 2. The predicted octanol–water partition coefficient (Wildman–Crippen LogP) is 6.99. The average Bonchev–Trinajstić information content (AvgIpc) is 3.27. The molecule has 204 valence electrons. The zero-order valence-electron chi connectivity index (χ0n) is 23.4. The lowest BCUT2D eigenvalue weighted by Crippen LogP contribution is -2.26. The van der Waals surface area contributed by atoms with E-state index in [1.165, 1.54) is 6.42 Å². The van der Waals surface area contributed by atoms with Gasteiger partial charge in [-0.2, -0.15) is 0 Å². The van der Waals surface area contributed by atoms with E-state index in [9.17, 15) is 4.79 Å². The highest BCUT2D eigenvalue weighted by Gasteiger charge is 2.42. The fourth-order valence-electron chi connectivity index (χ4n) is 5.43. The van der Waals surface area contributed by atoms with Crippen molar-refractivity contribution in [3.8, 4) is 0 Å². The molecule has 1 saturated carbocycles. The zero-order chi connectivity index (χ0) is 27.3. The van der Waals surface area contributed by atoms with Gasteiger partial charge in [0.15, 0.2) is 11.6 Å². The molecule has 0 aromatic heterocycles. The van der Waals surface area contributed by atoms with E-state index in [-0.39, 0.29) is 17.6 Å². The minimum atomic E-state index is -1.40. The summed E-state index contributed by atoms with van der Waals surface area (Å²) < 4.78 is 12.7. The highest BCUT2D eigenvalue weighted by molar-refractivity contribution is 7.75. The summed E-state index contributed by atoms with van der Waals surface area (Å²) in [5.41, 5.74) is 15.9. The number of ketones is 1. The van der Waals surface area contributed by atoms with Crippen molar-refractivity contribution < 1.29 is 14.3 Å². The Morgan fingerprint density at radius 2 is 1.74 bits per heavy atom. The van der Waals surface area contributed by atoms with Crippen molar-refractivity contribution in [2.24, 2.45) is 23.3 Å². The van der Waals surface area contributed by atoms with Gasteiger partial charge in [0.2, 0.25) is 0 Å². The molecule has 3 aliphatic rings. The first-order valence-corrected chi connectivity index (χ1v) is 16.8. The summed E-state index contributed by atoms with van der Waals surface area (Å²) in [6, 6.07) is 7.83. The van der Waals surface area contributed by atoms with Gasteiger partial charge in [-0.3, -0.25) is 4.79 Å². The maximum atomic E-state index is 12.6. The van der Waals surface area contributed by atoms with E-state index in [0.717, 1.165) is 72.5 Å². The lowest BCUT2D eigenvalue weighted by molar-refractivity contribution is 0.0670. The van der Waals surface area contributed by atoms with Crippen molar-refractivity contribution in [1.29, 1.82) is 0 Å². The molecule has 6 heteroatoms. The summed E-state index contributed by atoms with van der Waals surface area (Å²) in [5, 5.41) is 0. The van der Waals surface area contributed by atoms with Crippen LogP contribution < -0.4 is 11.5 Å². The molecule has 3 unspecified atom stereocenters. The van der Waals surface area contributed by atoms with Crippen molar-refractivity contribution in [3.63, 3.8) is 0 Å². The minimum absolute atomic E-state index is 0.0573. The van der Waals surface area contributed by atoms with Crippen molar-refractivity contribution in [2.75, 3.05) is 19.9 Å². The third-order valence-electron chi connectivity index (χ3n) is 8.45. The first kappa shape index (κ1) is 28.4. The summed E-state index contributed by atoms with van der Waals surface area (Å²) in [6.45, 7) is 10.1. The Kier molecular flexibility index (Phi) is 9.33. The topological polar surface area (TPSA) is 87.6 Å². The second kappa shape index (κ2) is 12.5. The number of rotatable bonds is 9. The SMILES string of the molecule is CC1C=C(c2ccc(C(=O)C3CCC3)cc2)O/C1=C(/C=C\N)C(\C=C/N)=C/C(C)[P+](C)(C)C1CCCCO1. The fraction of sp³-hybridized carbons (Fsp3) is 0.469. The van der Waals surface area contributed by atoms with Gasteiger partial charge in [0.1, 0.15) is 11.5 Å². The smallest absolute Gasteiger partial charge is 0.166 e. The van der Waals surface area contributed by atoms with Gasteiger partial charge >= 0.3 is 0 Å². The minimum Gasteiger partial charge on any atom is -0.460 e. The first-order valence-electron chi connectivity index (χ1n) is 14.0. The lowest BCUT2D eigenvalue weighted by Gasteiger charge is -2.34. The maximum absolute atomic E-state index is 12.6. The van der Waals surface area contributed by atoms with E-state index < -0.39 is 7.26 Å². The second-order valence-electron chi connectivity index (χ2n) is 11.3. The summed E-state index contributed by atoms with van der Waals surface area (Å²) >= 11 is 0. The van der Waals surface area contributed by atoms with Crippen molar-refractivity contribution in [2.45, 2.75) is 63.9 Å². The van der Waals surface area contributed by atoms with E-state index in [1.54, 1.807) is 12.4 Å². The molecule has 0 amide bonds. The molecule has 1 aliphatic carbocycles. The van der Waals surface area contributed by atoms with Crippen LogP contribution in [0.15, 0.2) is 77.9 Å². The van der Waals surface area contributed by atoms with Crippen LogP contribution in [0.1, 0.15) is 68.3 Å². The second-order valence-corrected chi connectivity index (χ2v) is 15.9. The molecular weight excluding hydrogens is 491 g/mol. The van der Waals surface area contributed by atoms with Gasteiger partial charge in [-0.25, -0.2) is 0 Å². The average molecular weight is 536 g/mol. The highest BCUT2D eigenvalue weighted by atomic mass is 31.2. The van der Waals surface area contributed by atoms with Gasteiger partial charge in [-0.1, -0.05) is 37.6 Å². The van der Waals surface area contributed by atoms with E-state index >= 15 is 0 Å². The lowest BCUT2D eigenvalue weighted by atomic mass is 9.80. The van der Waals surface area contributed by atoms with Gasteiger partial charge in [0, 0.05) is 42.2 Å². The van der Waals surface area contributed by atoms with Gasteiger partial charge in [0.05, 0.1) is 25.6 Å². The van der Waals surface area contributed by atoms with Gasteiger partial charge in [-0.05, 0) is 74.9 Å². The molecule has 0 radical (unpaired) electrons. The number of carbonyl (C=O) groups is 1. The Bertz CT molecular complexity index is 1150. The molecule has 0 bridgehead atoms. The van der Waals surface area contributed by atoms with E-state index in [2.05, 4.69) is 39.3 Å². The first-order chi connectivity index (χ1) is 18.3. The van der Waals surface area contributed by atoms with E-state index in [4.69, 9.17) is 20.9 Å².